The first kappa shape index (κ1) is 18.6. The maximum atomic E-state index is 12.3. The van der Waals surface area contributed by atoms with Crippen molar-refractivity contribution in [2.75, 3.05) is 13.1 Å². The molecule has 6 heteroatoms. The van der Waals surface area contributed by atoms with E-state index in [0.717, 1.165) is 30.1 Å². The Hall–Kier alpha value is -0.780. The van der Waals surface area contributed by atoms with Crippen LogP contribution in [0, 0.1) is 0 Å². The van der Waals surface area contributed by atoms with Gasteiger partial charge >= 0.3 is 6.09 Å². The van der Waals surface area contributed by atoms with Crippen LogP contribution in [0.2, 0.25) is 4.34 Å². The van der Waals surface area contributed by atoms with Crippen LogP contribution in [-0.2, 0) is 4.74 Å². The molecular formula is C17H27ClN2O2S. The monoisotopic (exact) mass is 358 g/mol. The highest BCUT2D eigenvalue weighted by atomic mass is 35.5. The SMILES string of the molecule is CC(NC1CCCCN(C(=O)OC(C)(C)C)C1)c1ccc(Cl)s1. The van der Waals surface area contributed by atoms with Crippen molar-refractivity contribution in [2.24, 2.45) is 0 Å². The standard InChI is InChI=1S/C17H27ClN2O2S/c1-12(14-8-9-15(18)23-14)19-13-7-5-6-10-20(11-13)16(21)22-17(2,3)4/h8-9,12-13,19H,5-7,10-11H2,1-4H3. The molecule has 1 fully saturated rings. The van der Waals surface area contributed by atoms with E-state index in [2.05, 4.69) is 18.3 Å². The van der Waals surface area contributed by atoms with E-state index in [1.54, 1.807) is 11.3 Å². The van der Waals surface area contributed by atoms with Crippen molar-refractivity contribution in [3.63, 3.8) is 0 Å². The second-order valence-electron chi connectivity index (χ2n) is 7.15. The molecule has 2 rings (SSSR count). The number of carbonyl (C=O) groups is 1. The third kappa shape index (κ3) is 5.98. The Morgan fingerprint density at radius 3 is 2.78 bits per heavy atom. The topological polar surface area (TPSA) is 41.6 Å². The maximum Gasteiger partial charge on any atom is 0.410 e. The Labute approximate surface area is 148 Å². The first-order valence-corrected chi connectivity index (χ1v) is 9.43. The van der Waals surface area contributed by atoms with Gasteiger partial charge in [-0.1, -0.05) is 18.0 Å². The Morgan fingerprint density at radius 1 is 1.43 bits per heavy atom. The second-order valence-corrected chi connectivity index (χ2v) is 8.90. The fourth-order valence-corrected chi connectivity index (χ4v) is 3.84. The number of ether oxygens (including phenoxy) is 1. The minimum absolute atomic E-state index is 0.210. The molecule has 0 spiro atoms. The molecule has 4 nitrogen and oxygen atoms in total. The number of likely N-dealkylation sites (tertiary alicyclic amines) is 1. The number of nitrogens with one attached hydrogen (secondary N) is 1. The molecule has 0 bridgehead atoms. The zero-order valence-electron chi connectivity index (χ0n) is 14.4. The van der Waals surface area contributed by atoms with Crippen LogP contribution < -0.4 is 5.32 Å². The molecule has 0 aromatic carbocycles. The largest absolute Gasteiger partial charge is 0.444 e. The molecule has 1 aromatic rings. The minimum Gasteiger partial charge on any atom is -0.444 e. The molecule has 2 heterocycles. The van der Waals surface area contributed by atoms with Gasteiger partial charge in [-0.3, -0.25) is 0 Å². The molecule has 1 aliphatic rings. The number of hydrogen-bond donors (Lipinski definition) is 1. The minimum atomic E-state index is -0.451. The summed E-state index contributed by atoms with van der Waals surface area (Å²) in [5.74, 6) is 0. The van der Waals surface area contributed by atoms with E-state index in [9.17, 15) is 4.79 Å². The fraction of sp³-hybridized carbons (Fsp3) is 0.706. The van der Waals surface area contributed by atoms with Gasteiger partial charge in [0.05, 0.1) is 4.34 Å². The molecule has 1 N–H and O–H groups in total. The lowest BCUT2D eigenvalue weighted by molar-refractivity contribution is 0.0242. The summed E-state index contributed by atoms with van der Waals surface area (Å²) in [4.78, 5) is 15.4. The van der Waals surface area contributed by atoms with Gasteiger partial charge < -0.3 is 15.0 Å². The van der Waals surface area contributed by atoms with Gasteiger partial charge in [0.15, 0.2) is 0 Å². The summed E-state index contributed by atoms with van der Waals surface area (Å²) < 4.78 is 6.33. The number of hydrogen-bond acceptors (Lipinski definition) is 4. The zero-order valence-corrected chi connectivity index (χ0v) is 16.0. The van der Waals surface area contributed by atoms with Crippen molar-refractivity contribution < 1.29 is 9.53 Å². The van der Waals surface area contributed by atoms with Crippen molar-refractivity contribution >= 4 is 29.0 Å². The third-order valence-corrected chi connectivity index (χ3v) is 5.24. The lowest BCUT2D eigenvalue weighted by Crippen LogP contribution is -2.44. The number of rotatable bonds is 3. The van der Waals surface area contributed by atoms with E-state index in [0.29, 0.717) is 6.54 Å². The molecule has 2 unspecified atom stereocenters. The zero-order chi connectivity index (χ0) is 17.0. The number of halogens is 1. The molecule has 1 saturated heterocycles. The lowest BCUT2D eigenvalue weighted by Gasteiger charge is -2.29. The van der Waals surface area contributed by atoms with E-state index in [4.69, 9.17) is 16.3 Å². The smallest absolute Gasteiger partial charge is 0.410 e. The predicted molar refractivity (Wildman–Crippen MR) is 96.3 cm³/mol. The molecule has 23 heavy (non-hydrogen) atoms. The van der Waals surface area contributed by atoms with Crippen LogP contribution in [0.25, 0.3) is 0 Å². The first-order valence-electron chi connectivity index (χ1n) is 8.24. The van der Waals surface area contributed by atoms with E-state index >= 15 is 0 Å². The molecule has 0 saturated carbocycles. The maximum absolute atomic E-state index is 12.3. The van der Waals surface area contributed by atoms with E-state index in [1.807, 2.05) is 31.7 Å². The normalized spacial score (nSPS) is 20.9. The Kier molecular flexibility index (Phi) is 6.34. The van der Waals surface area contributed by atoms with Crippen LogP contribution in [0.4, 0.5) is 4.79 Å². The summed E-state index contributed by atoms with van der Waals surface area (Å²) in [7, 11) is 0. The number of amides is 1. The highest BCUT2D eigenvalue weighted by Crippen LogP contribution is 2.27. The summed E-state index contributed by atoms with van der Waals surface area (Å²) in [6.45, 7) is 9.32. The quantitative estimate of drug-likeness (QED) is 0.840. The number of carbonyl (C=O) groups excluding carboxylic acids is 1. The van der Waals surface area contributed by atoms with Crippen LogP contribution in [0.3, 0.4) is 0 Å². The van der Waals surface area contributed by atoms with Gasteiger partial charge in [0.2, 0.25) is 0 Å². The van der Waals surface area contributed by atoms with Gasteiger partial charge in [-0.2, -0.15) is 0 Å². The van der Waals surface area contributed by atoms with Crippen molar-refractivity contribution in [1.82, 2.24) is 10.2 Å². The van der Waals surface area contributed by atoms with E-state index in [-0.39, 0.29) is 18.2 Å². The van der Waals surface area contributed by atoms with Crippen LogP contribution >= 0.6 is 22.9 Å². The first-order chi connectivity index (χ1) is 10.7. The highest BCUT2D eigenvalue weighted by molar-refractivity contribution is 7.16. The van der Waals surface area contributed by atoms with Crippen molar-refractivity contribution in [2.45, 2.75) is 64.6 Å². The van der Waals surface area contributed by atoms with Crippen molar-refractivity contribution in [3.8, 4) is 0 Å². The van der Waals surface area contributed by atoms with Gasteiger partial charge in [0.1, 0.15) is 5.60 Å². The number of nitrogens with zero attached hydrogens (tertiary/aromatic N) is 1. The van der Waals surface area contributed by atoms with Crippen LogP contribution in [0.15, 0.2) is 12.1 Å². The van der Waals surface area contributed by atoms with Gasteiger partial charge in [0, 0.05) is 30.1 Å². The highest BCUT2D eigenvalue weighted by Gasteiger charge is 2.27. The summed E-state index contributed by atoms with van der Waals surface area (Å²) in [6.07, 6.45) is 3.01. The Morgan fingerprint density at radius 2 is 2.17 bits per heavy atom. The average Bonchev–Trinajstić information content (AvgIpc) is 2.73. The number of thiophene rings is 1. The summed E-state index contributed by atoms with van der Waals surface area (Å²) in [6, 6.07) is 4.50. The molecule has 1 aromatic heterocycles. The molecule has 130 valence electrons. The molecule has 0 radical (unpaired) electrons. The van der Waals surface area contributed by atoms with Crippen LogP contribution in [-0.4, -0.2) is 35.7 Å². The van der Waals surface area contributed by atoms with E-state index < -0.39 is 5.60 Å². The summed E-state index contributed by atoms with van der Waals surface area (Å²) in [5, 5.41) is 3.64. The second kappa shape index (κ2) is 7.86. The lowest BCUT2D eigenvalue weighted by atomic mass is 10.1. The predicted octanol–water partition coefficient (Wildman–Crippen LogP) is 4.84. The Bertz CT molecular complexity index is 527. The van der Waals surface area contributed by atoms with Crippen LogP contribution in [0.1, 0.15) is 57.9 Å². The van der Waals surface area contributed by atoms with Gasteiger partial charge in [-0.25, -0.2) is 4.79 Å². The van der Waals surface area contributed by atoms with E-state index in [1.165, 1.54) is 4.88 Å². The molecule has 0 aliphatic carbocycles. The molecular weight excluding hydrogens is 332 g/mol. The molecule has 1 aliphatic heterocycles. The van der Waals surface area contributed by atoms with Gasteiger partial charge in [-0.05, 0) is 52.7 Å². The summed E-state index contributed by atoms with van der Waals surface area (Å²) in [5.41, 5.74) is -0.451. The molecule has 2 atom stereocenters. The van der Waals surface area contributed by atoms with Gasteiger partial charge in [0.25, 0.3) is 0 Å². The summed E-state index contributed by atoms with van der Waals surface area (Å²) >= 11 is 7.62. The molecule has 1 amide bonds. The van der Waals surface area contributed by atoms with Crippen LogP contribution in [0.5, 0.6) is 0 Å². The van der Waals surface area contributed by atoms with Crippen molar-refractivity contribution in [1.29, 1.82) is 0 Å². The van der Waals surface area contributed by atoms with Crippen molar-refractivity contribution in [3.05, 3.63) is 21.3 Å². The van der Waals surface area contributed by atoms with Gasteiger partial charge in [-0.15, -0.1) is 11.3 Å². The fourth-order valence-electron chi connectivity index (χ4n) is 2.77. The third-order valence-electron chi connectivity index (χ3n) is 3.83. The average molecular weight is 359 g/mol. The Balaban J connectivity index is 1.95.